The fraction of sp³-hybridized carbons (Fsp3) is 0.533. The Kier molecular flexibility index (Phi) is 4.20. The Morgan fingerprint density at radius 3 is 2.37 bits per heavy atom. The summed E-state index contributed by atoms with van der Waals surface area (Å²) in [7, 11) is 0. The first-order valence-electron chi connectivity index (χ1n) is 6.78. The van der Waals surface area contributed by atoms with E-state index in [0.29, 0.717) is 12.0 Å². The summed E-state index contributed by atoms with van der Waals surface area (Å²) >= 11 is 0. The summed E-state index contributed by atoms with van der Waals surface area (Å²) in [5.41, 5.74) is 6.55. The lowest BCUT2D eigenvalue weighted by molar-refractivity contribution is -0.121. The standard InChI is InChI=1S/C15H21FN2O/c1-9(2)14(15(17)19)18-13-7-11(8-13)10-3-5-12(16)6-4-10/h3-6,9,11,13-14,18H,7-8H2,1-2H3,(H2,17,19). The van der Waals surface area contributed by atoms with Crippen LogP contribution in [0.4, 0.5) is 4.39 Å². The normalized spacial score (nSPS) is 24.0. The van der Waals surface area contributed by atoms with Crippen LogP contribution in [0.1, 0.15) is 38.2 Å². The third-order valence-electron chi connectivity index (χ3n) is 3.87. The van der Waals surface area contributed by atoms with Crippen molar-refractivity contribution < 1.29 is 9.18 Å². The maximum absolute atomic E-state index is 12.8. The number of benzene rings is 1. The predicted molar refractivity (Wildman–Crippen MR) is 73.1 cm³/mol. The fourth-order valence-corrected chi connectivity index (χ4v) is 2.62. The molecule has 0 saturated heterocycles. The molecule has 19 heavy (non-hydrogen) atoms. The molecule has 1 unspecified atom stereocenters. The van der Waals surface area contributed by atoms with Crippen LogP contribution in [-0.2, 0) is 4.79 Å². The summed E-state index contributed by atoms with van der Waals surface area (Å²) in [5.74, 6) is 0.160. The Morgan fingerprint density at radius 2 is 1.89 bits per heavy atom. The van der Waals surface area contributed by atoms with Gasteiger partial charge in [0.2, 0.25) is 5.91 Å². The van der Waals surface area contributed by atoms with Gasteiger partial charge in [0, 0.05) is 6.04 Å². The summed E-state index contributed by atoms with van der Waals surface area (Å²) < 4.78 is 12.8. The van der Waals surface area contributed by atoms with Crippen molar-refractivity contribution in [1.82, 2.24) is 5.32 Å². The van der Waals surface area contributed by atoms with E-state index in [0.717, 1.165) is 12.8 Å². The lowest BCUT2D eigenvalue weighted by Crippen LogP contribution is -2.53. The summed E-state index contributed by atoms with van der Waals surface area (Å²) in [4.78, 5) is 11.3. The number of primary amides is 1. The fourth-order valence-electron chi connectivity index (χ4n) is 2.62. The van der Waals surface area contributed by atoms with Gasteiger partial charge in [0.05, 0.1) is 6.04 Å². The van der Waals surface area contributed by atoms with Gasteiger partial charge >= 0.3 is 0 Å². The summed E-state index contributed by atoms with van der Waals surface area (Å²) in [6, 6.07) is 6.73. The van der Waals surface area contributed by atoms with Crippen LogP contribution in [0, 0.1) is 11.7 Å². The van der Waals surface area contributed by atoms with Crippen LogP contribution >= 0.6 is 0 Å². The second kappa shape index (κ2) is 5.70. The van der Waals surface area contributed by atoms with Gasteiger partial charge in [-0.1, -0.05) is 26.0 Å². The molecular formula is C15H21FN2O. The van der Waals surface area contributed by atoms with Gasteiger partial charge < -0.3 is 11.1 Å². The molecule has 1 aliphatic rings. The quantitative estimate of drug-likeness (QED) is 0.856. The number of rotatable bonds is 5. The second-order valence-electron chi connectivity index (χ2n) is 5.71. The van der Waals surface area contributed by atoms with Crippen LogP contribution in [-0.4, -0.2) is 18.0 Å². The number of hydrogen-bond acceptors (Lipinski definition) is 2. The van der Waals surface area contributed by atoms with Gasteiger partial charge in [-0.2, -0.15) is 0 Å². The summed E-state index contributed by atoms with van der Waals surface area (Å²) in [5, 5.41) is 3.31. The monoisotopic (exact) mass is 264 g/mol. The van der Waals surface area contributed by atoms with Crippen LogP contribution in [0.5, 0.6) is 0 Å². The molecule has 1 atom stereocenters. The van der Waals surface area contributed by atoms with E-state index in [-0.39, 0.29) is 23.7 Å². The molecule has 3 nitrogen and oxygen atoms in total. The molecule has 104 valence electrons. The molecule has 0 spiro atoms. The number of halogens is 1. The molecule has 1 aliphatic carbocycles. The number of hydrogen-bond donors (Lipinski definition) is 2. The number of amides is 1. The van der Waals surface area contributed by atoms with Gasteiger partial charge in [0.1, 0.15) is 5.82 Å². The zero-order valence-corrected chi connectivity index (χ0v) is 11.4. The van der Waals surface area contributed by atoms with E-state index in [1.807, 2.05) is 26.0 Å². The van der Waals surface area contributed by atoms with Crippen molar-refractivity contribution in [1.29, 1.82) is 0 Å². The van der Waals surface area contributed by atoms with Crippen molar-refractivity contribution in [3.63, 3.8) is 0 Å². The first kappa shape index (κ1) is 14.0. The number of carbonyl (C=O) groups excluding carboxylic acids is 1. The topological polar surface area (TPSA) is 55.1 Å². The third kappa shape index (κ3) is 3.32. The molecule has 3 N–H and O–H groups in total. The van der Waals surface area contributed by atoms with Crippen LogP contribution in [0.25, 0.3) is 0 Å². The molecule has 0 aromatic heterocycles. The maximum Gasteiger partial charge on any atom is 0.234 e. The largest absolute Gasteiger partial charge is 0.368 e. The number of nitrogens with two attached hydrogens (primary N) is 1. The molecule has 1 fully saturated rings. The van der Waals surface area contributed by atoms with E-state index in [1.54, 1.807) is 0 Å². The highest BCUT2D eigenvalue weighted by Gasteiger charge is 2.33. The van der Waals surface area contributed by atoms with Crippen molar-refractivity contribution in [2.75, 3.05) is 0 Å². The lowest BCUT2D eigenvalue weighted by atomic mass is 9.75. The molecule has 0 radical (unpaired) electrons. The minimum Gasteiger partial charge on any atom is -0.368 e. The molecule has 0 heterocycles. The molecule has 0 aliphatic heterocycles. The number of carbonyl (C=O) groups is 1. The van der Waals surface area contributed by atoms with E-state index in [2.05, 4.69) is 5.32 Å². The average Bonchev–Trinajstić information content (AvgIpc) is 2.28. The Morgan fingerprint density at radius 1 is 1.32 bits per heavy atom. The van der Waals surface area contributed by atoms with Crippen LogP contribution in [0.2, 0.25) is 0 Å². The van der Waals surface area contributed by atoms with Gasteiger partial charge in [-0.15, -0.1) is 0 Å². The Balaban J connectivity index is 1.86. The van der Waals surface area contributed by atoms with Crippen LogP contribution in [0.15, 0.2) is 24.3 Å². The molecule has 0 bridgehead atoms. The minimum atomic E-state index is -0.291. The van der Waals surface area contributed by atoms with E-state index in [1.165, 1.54) is 17.7 Å². The van der Waals surface area contributed by atoms with E-state index in [4.69, 9.17) is 5.73 Å². The third-order valence-corrected chi connectivity index (χ3v) is 3.87. The molecular weight excluding hydrogens is 243 g/mol. The van der Waals surface area contributed by atoms with Crippen molar-refractivity contribution in [3.05, 3.63) is 35.6 Å². The first-order chi connectivity index (χ1) is 8.97. The van der Waals surface area contributed by atoms with Crippen LogP contribution < -0.4 is 11.1 Å². The van der Waals surface area contributed by atoms with Crippen molar-refractivity contribution in [2.45, 2.75) is 44.7 Å². The Labute approximate surface area is 113 Å². The predicted octanol–water partition coefficient (Wildman–Crippen LogP) is 2.17. The van der Waals surface area contributed by atoms with E-state index >= 15 is 0 Å². The molecule has 1 amide bonds. The van der Waals surface area contributed by atoms with Gasteiger partial charge in [0.25, 0.3) is 0 Å². The van der Waals surface area contributed by atoms with Gasteiger partial charge in [-0.3, -0.25) is 4.79 Å². The molecule has 1 aromatic rings. The molecule has 2 rings (SSSR count). The first-order valence-corrected chi connectivity index (χ1v) is 6.78. The highest BCUT2D eigenvalue weighted by molar-refractivity contribution is 5.80. The van der Waals surface area contributed by atoms with Crippen molar-refractivity contribution >= 4 is 5.91 Å². The van der Waals surface area contributed by atoms with E-state index in [9.17, 15) is 9.18 Å². The van der Waals surface area contributed by atoms with Crippen molar-refractivity contribution in [2.24, 2.45) is 11.7 Å². The Hall–Kier alpha value is -1.42. The Bertz CT molecular complexity index is 438. The average molecular weight is 264 g/mol. The molecule has 1 saturated carbocycles. The van der Waals surface area contributed by atoms with Crippen LogP contribution in [0.3, 0.4) is 0 Å². The lowest BCUT2D eigenvalue weighted by Gasteiger charge is -2.39. The van der Waals surface area contributed by atoms with Crippen molar-refractivity contribution in [3.8, 4) is 0 Å². The number of nitrogens with one attached hydrogen (secondary N) is 1. The molecule has 4 heteroatoms. The van der Waals surface area contributed by atoms with Gasteiger partial charge in [-0.25, -0.2) is 4.39 Å². The SMILES string of the molecule is CC(C)C(NC1CC(c2ccc(F)cc2)C1)C(N)=O. The highest BCUT2D eigenvalue weighted by atomic mass is 19.1. The zero-order valence-electron chi connectivity index (χ0n) is 11.4. The maximum atomic E-state index is 12.8. The second-order valence-corrected chi connectivity index (χ2v) is 5.71. The highest BCUT2D eigenvalue weighted by Crippen LogP contribution is 2.37. The smallest absolute Gasteiger partial charge is 0.234 e. The van der Waals surface area contributed by atoms with Gasteiger partial charge in [0.15, 0.2) is 0 Å². The zero-order chi connectivity index (χ0) is 14.0. The van der Waals surface area contributed by atoms with E-state index < -0.39 is 0 Å². The van der Waals surface area contributed by atoms with Gasteiger partial charge in [-0.05, 0) is 42.4 Å². The molecule has 1 aromatic carbocycles. The minimum absolute atomic E-state index is 0.197. The summed E-state index contributed by atoms with van der Waals surface area (Å²) in [6.45, 7) is 3.97. The summed E-state index contributed by atoms with van der Waals surface area (Å²) in [6.07, 6.45) is 1.95.